The SMILES string of the molecule is COc1cccc(CNC[C@@H]2CCCO2)c1OCc1ccccc1C. The molecule has 2 aromatic rings. The van der Waals surface area contributed by atoms with E-state index in [0.717, 1.165) is 49.6 Å². The van der Waals surface area contributed by atoms with Crippen LogP contribution in [-0.2, 0) is 17.9 Å². The number of benzene rings is 2. The van der Waals surface area contributed by atoms with Gasteiger partial charge in [-0.25, -0.2) is 0 Å². The van der Waals surface area contributed by atoms with Crippen LogP contribution in [0, 0.1) is 6.92 Å². The number of methoxy groups -OCH3 is 1. The Hall–Kier alpha value is -2.04. The fraction of sp³-hybridized carbons (Fsp3) is 0.429. The van der Waals surface area contributed by atoms with Crippen LogP contribution in [0.4, 0.5) is 0 Å². The van der Waals surface area contributed by atoms with Crippen LogP contribution in [0.1, 0.15) is 29.5 Å². The second kappa shape index (κ2) is 8.88. The van der Waals surface area contributed by atoms with E-state index in [2.05, 4.69) is 30.4 Å². The van der Waals surface area contributed by atoms with Gasteiger partial charge in [-0.05, 0) is 37.0 Å². The molecule has 1 fully saturated rings. The van der Waals surface area contributed by atoms with E-state index >= 15 is 0 Å². The largest absolute Gasteiger partial charge is 0.493 e. The molecule has 1 saturated heterocycles. The fourth-order valence-electron chi connectivity index (χ4n) is 3.12. The van der Waals surface area contributed by atoms with E-state index in [4.69, 9.17) is 14.2 Å². The van der Waals surface area contributed by atoms with Crippen molar-refractivity contribution in [3.8, 4) is 11.5 Å². The molecule has 0 aliphatic carbocycles. The summed E-state index contributed by atoms with van der Waals surface area (Å²) in [6.45, 7) is 5.13. The average Bonchev–Trinajstić information content (AvgIpc) is 3.15. The third kappa shape index (κ3) is 4.74. The third-order valence-electron chi connectivity index (χ3n) is 4.63. The molecule has 1 heterocycles. The fourth-order valence-corrected chi connectivity index (χ4v) is 3.12. The molecule has 0 saturated carbocycles. The average molecular weight is 341 g/mol. The number of para-hydroxylation sites is 1. The Labute approximate surface area is 150 Å². The highest BCUT2D eigenvalue weighted by Gasteiger charge is 2.16. The second-order valence-corrected chi connectivity index (χ2v) is 6.43. The summed E-state index contributed by atoms with van der Waals surface area (Å²) in [6, 6.07) is 14.3. The summed E-state index contributed by atoms with van der Waals surface area (Å²) in [6.07, 6.45) is 2.64. The number of hydrogen-bond acceptors (Lipinski definition) is 4. The van der Waals surface area contributed by atoms with Crippen molar-refractivity contribution in [2.24, 2.45) is 0 Å². The minimum atomic E-state index is 0.335. The molecule has 1 atom stereocenters. The lowest BCUT2D eigenvalue weighted by molar-refractivity contribution is 0.110. The minimum absolute atomic E-state index is 0.335. The summed E-state index contributed by atoms with van der Waals surface area (Å²) in [4.78, 5) is 0. The number of nitrogens with one attached hydrogen (secondary N) is 1. The van der Waals surface area contributed by atoms with E-state index in [1.165, 1.54) is 11.1 Å². The molecule has 134 valence electrons. The predicted octanol–water partition coefficient (Wildman–Crippen LogP) is 3.85. The van der Waals surface area contributed by atoms with Crippen molar-refractivity contribution in [3.05, 3.63) is 59.2 Å². The van der Waals surface area contributed by atoms with Gasteiger partial charge < -0.3 is 19.5 Å². The molecule has 0 bridgehead atoms. The van der Waals surface area contributed by atoms with Gasteiger partial charge in [0.15, 0.2) is 11.5 Å². The molecule has 1 aliphatic rings. The maximum atomic E-state index is 6.15. The van der Waals surface area contributed by atoms with Crippen molar-refractivity contribution in [3.63, 3.8) is 0 Å². The summed E-state index contributed by atoms with van der Waals surface area (Å²) in [5.41, 5.74) is 3.52. The zero-order chi connectivity index (χ0) is 17.5. The van der Waals surface area contributed by atoms with Gasteiger partial charge in [-0.2, -0.15) is 0 Å². The van der Waals surface area contributed by atoms with E-state index in [1.807, 2.05) is 24.3 Å². The van der Waals surface area contributed by atoms with Crippen LogP contribution in [0.2, 0.25) is 0 Å². The van der Waals surface area contributed by atoms with Gasteiger partial charge in [0, 0.05) is 25.3 Å². The maximum Gasteiger partial charge on any atom is 0.166 e. The van der Waals surface area contributed by atoms with Crippen molar-refractivity contribution in [2.45, 2.75) is 39.0 Å². The van der Waals surface area contributed by atoms with Crippen LogP contribution in [-0.4, -0.2) is 26.4 Å². The number of aryl methyl sites for hydroxylation is 1. The van der Waals surface area contributed by atoms with Crippen molar-refractivity contribution in [2.75, 3.05) is 20.3 Å². The Balaban J connectivity index is 1.66. The van der Waals surface area contributed by atoms with E-state index in [0.29, 0.717) is 12.7 Å². The first-order chi connectivity index (χ1) is 12.3. The van der Waals surface area contributed by atoms with E-state index in [9.17, 15) is 0 Å². The summed E-state index contributed by atoms with van der Waals surface area (Å²) >= 11 is 0. The molecular formula is C21H27NO3. The van der Waals surface area contributed by atoms with Gasteiger partial charge in [-0.3, -0.25) is 0 Å². The lowest BCUT2D eigenvalue weighted by Crippen LogP contribution is -2.26. The van der Waals surface area contributed by atoms with Gasteiger partial charge in [0.25, 0.3) is 0 Å². The number of ether oxygens (including phenoxy) is 3. The highest BCUT2D eigenvalue weighted by atomic mass is 16.5. The molecule has 1 aliphatic heterocycles. The lowest BCUT2D eigenvalue weighted by Gasteiger charge is -2.17. The quantitative estimate of drug-likeness (QED) is 0.792. The van der Waals surface area contributed by atoms with E-state index < -0.39 is 0 Å². The highest BCUT2D eigenvalue weighted by molar-refractivity contribution is 5.46. The van der Waals surface area contributed by atoms with Gasteiger partial charge in [0.1, 0.15) is 6.61 Å². The van der Waals surface area contributed by atoms with Gasteiger partial charge in [-0.1, -0.05) is 36.4 Å². The van der Waals surface area contributed by atoms with Gasteiger partial charge in [0.2, 0.25) is 0 Å². The summed E-state index contributed by atoms with van der Waals surface area (Å²) < 4.78 is 17.3. The van der Waals surface area contributed by atoms with Crippen molar-refractivity contribution >= 4 is 0 Å². The minimum Gasteiger partial charge on any atom is -0.493 e. The molecule has 0 spiro atoms. The first-order valence-corrected chi connectivity index (χ1v) is 8.93. The summed E-state index contributed by atoms with van der Waals surface area (Å²) in [5, 5.41) is 3.48. The molecule has 4 nitrogen and oxygen atoms in total. The third-order valence-corrected chi connectivity index (χ3v) is 4.63. The second-order valence-electron chi connectivity index (χ2n) is 6.43. The molecule has 0 unspecified atom stereocenters. The van der Waals surface area contributed by atoms with Crippen LogP contribution in [0.5, 0.6) is 11.5 Å². The van der Waals surface area contributed by atoms with Gasteiger partial charge in [-0.15, -0.1) is 0 Å². The van der Waals surface area contributed by atoms with Crippen LogP contribution >= 0.6 is 0 Å². The molecule has 0 radical (unpaired) electrons. The van der Waals surface area contributed by atoms with Crippen molar-refractivity contribution < 1.29 is 14.2 Å². The number of hydrogen-bond donors (Lipinski definition) is 1. The normalized spacial score (nSPS) is 16.8. The molecule has 0 aromatic heterocycles. The summed E-state index contributed by atoms with van der Waals surface area (Å²) in [7, 11) is 1.68. The van der Waals surface area contributed by atoms with Crippen molar-refractivity contribution in [1.82, 2.24) is 5.32 Å². The first-order valence-electron chi connectivity index (χ1n) is 8.93. The molecular weight excluding hydrogens is 314 g/mol. The van der Waals surface area contributed by atoms with Crippen LogP contribution in [0.3, 0.4) is 0 Å². The molecule has 2 aromatic carbocycles. The maximum absolute atomic E-state index is 6.15. The van der Waals surface area contributed by atoms with Gasteiger partial charge >= 0.3 is 0 Å². The lowest BCUT2D eigenvalue weighted by atomic mass is 10.1. The predicted molar refractivity (Wildman–Crippen MR) is 99.2 cm³/mol. The zero-order valence-corrected chi connectivity index (χ0v) is 15.1. The van der Waals surface area contributed by atoms with E-state index in [-0.39, 0.29) is 0 Å². The Bertz CT molecular complexity index is 681. The summed E-state index contributed by atoms with van der Waals surface area (Å²) in [5.74, 6) is 1.58. The highest BCUT2D eigenvalue weighted by Crippen LogP contribution is 2.32. The van der Waals surface area contributed by atoms with Crippen LogP contribution in [0.15, 0.2) is 42.5 Å². The van der Waals surface area contributed by atoms with Crippen LogP contribution in [0.25, 0.3) is 0 Å². The van der Waals surface area contributed by atoms with E-state index in [1.54, 1.807) is 7.11 Å². The van der Waals surface area contributed by atoms with Crippen LogP contribution < -0.4 is 14.8 Å². The Kier molecular flexibility index (Phi) is 6.31. The Morgan fingerprint density at radius 2 is 1.96 bits per heavy atom. The molecule has 1 N–H and O–H groups in total. The topological polar surface area (TPSA) is 39.7 Å². The molecule has 0 amide bonds. The molecule has 3 rings (SSSR count). The Morgan fingerprint density at radius 1 is 1.12 bits per heavy atom. The first kappa shape index (κ1) is 17.8. The molecule has 25 heavy (non-hydrogen) atoms. The zero-order valence-electron chi connectivity index (χ0n) is 15.1. The standard InChI is InChI=1S/C21H27NO3/c1-16-7-3-4-8-18(16)15-25-21-17(9-5-11-20(21)23-2)13-22-14-19-10-6-12-24-19/h3-5,7-9,11,19,22H,6,10,12-15H2,1-2H3/t19-/m0/s1. The van der Waals surface area contributed by atoms with Crippen molar-refractivity contribution in [1.29, 1.82) is 0 Å². The van der Waals surface area contributed by atoms with Gasteiger partial charge in [0.05, 0.1) is 13.2 Å². The molecule has 4 heteroatoms. The monoisotopic (exact) mass is 341 g/mol. The smallest absolute Gasteiger partial charge is 0.166 e. The Morgan fingerprint density at radius 3 is 2.72 bits per heavy atom. The number of rotatable bonds is 8.